The van der Waals surface area contributed by atoms with E-state index in [4.69, 9.17) is 4.74 Å². The van der Waals surface area contributed by atoms with Gasteiger partial charge in [0, 0.05) is 42.4 Å². The second-order valence-electron chi connectivity index (χ2n) is 12.0. The van der Waals surface area contributed by atoms with Gasteiger partial charge in [0.25, 0.3) is 0 Å². The lowest BCUT2D eigenvalue weighted by molar-refractivity contribution is -0.173. The first-order chi connectivity index (χ1) is 17.5. The molecule has 2 N–H and O–H groups in total. The van der Waals surface area contributed by atoms with Crippen molar-refractivity contribution in [2.75, 3.05) is 13.1 Å². The quantitative estimate of drug-likeness (QED) is 0.437. The summed E-state index contributed by atoms with van der Waals surface area (Å²) in [4.78, 5) is 2.60. The maximum Gasteiger partial charge on any atom is 0.166 e. The Morgan fingerprint density at radius 1 is 1.06 bits per heavy atom. The minimum absolute atomic E-state index is 0.0600. The molecule has 4 aromatic rings. The zero-order valence-corrected chi connectivity index (χ0v) is 20.5. The summed E-state index contributed by atoms with van der Waals surface area (Å²) in [6.07, 6.45) is 4.60. The number of nitrogens with zero attached hydrogens (tertiary/aromatic N) is 2. The first-order valence-corrected chi connectivity index (χ1v) is 13.5. The van der Waals surface area contributed by atoms with Gasteiger partial charge in [-0.3, -0.25) is 4.90 Å². The Labute approximate surface area is 209 Å². The van der Waals surface area contributed by atoms with Crippen molar-refractivity contribution >= 4 is 21.7 Å². The average molecular weight is 479 g/mol. The van der Waals surface area contributed by atoms with Crippen molar-refractivity contribution in [3.63, 3.8) is 0 Å². The van der Waals surface area contributed by atoms with Gasteiger partial charge in [0.2, 0.25) is 0 Å². The minimum Gasteiger partial charge on any atom is -0.504 e. The fourth-order valence-electron chi connectivity index (χ4n) is 8.76. The monoisotopic (exact) mass is 478 g/mol. The molecule has 5 aliphatic rings. The van der Waals surface area contributed by atoms with E-state index >= 15 is 0 Å². The molecule has 1 saturated heterocycles. The number of rotatable bonds is 2. The van der Waals surface area contributed by atoms with E-state index in [9.17, 15) is 10.2 Å². The number of hydrogen-bond donors (Lipinski definition) is 2. The summed E-state index contributed by atoms with van der Waals surface area (Å²) in [5.74, 6) is 1.58. The van der Waals surface area contributed by atoms with Crippen molar-refractivity contribution in [1.29, 1.82) is 0 Å². The number of aryl methyl sites for hydroxylation is 1. The smallest absolute Gasteiger partial charge is 0.166 e. The summed E-state index contributed by atoms with van der Waals surface area (Å²) < 4.78 is 9.13. The van der Waals surface area contributed by atoms with Crippen LogP contribution in [0.4, 0.5) is 0 Å². The van der Waals surface area contributed by atoms with Crippen LogP contribution in [0, 0.1) is 5.92 Å². The van der Waals surface area contributed by atoms with Crippen molar-refractivity contribution in [2.24, 2.45) is 13.0 Å². The van der Waals surface area contributed by atoms with E-state index in [1.165, 1.54) is 51.3 Å². The van der Waals surface area contributed by atoms with E-state index in [1.807, 2.05) is 0 Å². The highest BCUT2D eigenvalue weighted by molar-refractivity contribution is 6.08. The Morgan fingerprint density at radius 3 is 2.78 bits per heavy atom. The molecule has 3 heterocycles. The molecule has 182 valence electrons. The predicted octanol–water partition coefficient (Wildman–Crippen LogP) is 4.74. The third-order valence-electron chi connectivity index (χ3n) is 10.4. The molecule has 2 bridgehead atoms. The van der Waals surface area contributed by atoms with Crippen molar-refractivity contribution in [1.82, 2.24) is 9.47 Å². The van der Waals surface area contributed by atoms with Crippen LogP contribution in [0.15, 0.2) is 48.5 Å². The van der Waals surface area contributed by atoms with E-state index in [-0.39, 0.29) is 17.9 Å². The zero-order valence-electron chi connectivity index (χ0n) is 20.5. The number of hydrogen-bond acceptors (Lipinski definition) is 4. The van der Waals surface area contributed by atoms with Gasteiger partial charge in [-0.25, -0.2) is 0 Å². The molecule has 0 amide bonds. The van der Waals surface area contributed by atoms with E-state index in [2.05, 4.69) is 59.0 Å². The van der Waals surface area contributed by atoms with Crippen LogP contribution in [0.3, 0.4) is 0 Å². The molecule has 1 saturated carbocycles. The number of fused-ring (bicyclic) bond motifs is 6. The van der Waals surface area contributed by atoms with Crippen molar-refractivity contribution in [3.8, 4) is 11.5 Å². The normalized spacial score (nSPS) is 31.9. The maximum absolute atomic E-state index is 13.0. The number of phenols is 1. The van der Waals surface area contributed by atoms with Crippen LogP contribution in [-0.4, -0.2) is 44.4 Å². The lowest BCUT2D eigenvalue weighted by Gasteiger charge is -2.63. The molecule has 5 heteroatoms. The summed E-state index contributed by atoms with van der Waals surface area (Å²) in [7, 11) is 2.16. The molecular formula is C31H30N2O3. The summed E-state index contributed by atoms with van der Waals surface area (Å²) in [5, 5.41) is 27.6. The first-order valence-electron chi connectivity index (χ1n) is 13.5. The van der Waals surface area contributed by atoms with Crippen LogP contribution >= 0.6 is 0 Å². The van der Waals surface area contributed by atoms with Gasteiger partial charge in [-0.15, -0.1) is 0 Å². The van der Waals surface area contributed by atoms with Gasteiger partial charge in [0.1, 0.15) is 0 Å². The van der Waals surface area contributed by atoms with E-state index in [0.29, 0.717) is 12.2 Å². The van der Waals surface area contributed by atoms with E-state index in [0.717, 1.165) is 37.4 Å². The Balaban J connectivity index is 1.36. The standard InChI is InChI=1S/C31H30N2O3/c1-32-26-20-5-3-2-4-18(20)8-10-21(26)22-15-31(35)24-14-19-9-11-23(34)28-25(19)30(31,29(36-28)27(22)32)12-13-33(24)16-17-6-7-17/h2-5,8-11,17,24,29,34-35H,6-7,12-16H2,1H3/t24-,29+,30+,31-/m1/s1. The molecule has 0 unspecified atom stereocenters. The summed E-state index contributed by atoms with van der Waals surface area (Å²) in [5.41, 5.74) is 4.45. The maximum atomic E-state index is 13.0. The highest BCUT2D eigenvalue weighted by atomic mass is 16.5. The number of likely N-dealkylation sites (tertiary alicyclic amines) is 1. The largest absolute Gasteiger partial charge is 0.504 e. The number of aromatic hydroxyl groups is 1. The molecule has 3 aromatic carbocycles. The molecule has 36 heavy (non-hydrogen) atoms. The molecule has 0 radical (unpaired) electrons. The van der Waals surface area contributed by atoms with Gasteiger partial charge in [0.15, 0.2) is 17.6 Å². The highest BCUT2D eigenvalue weighted by Crippen LogP contribution is 2.69. The van der Waals surface area contributed by atoms with Gasteiger partial charge in [-0.1, -0.05) is 42.5 Å². The fraction of sp³-hybridized carbons (Fsp3) is 0.419. The molecule has 5 nitrogen and oxygen atoms in total. The second kappa shape index (κ2) is 6.27. The summed E-state index contributed by atoms with van der Waals surface area (Å²) >= 11 is 0. The third-order valence-corrected chi connectivity index (χ3v) is 10.4. The van der Waals surface area contributed by atoms with Crippen molar-refractivity contribution in [2.45, 2.75) is 55.3 Å². The molecule has 4 atom stereocenters. The highest BCUT2D eigenvalue weighted by Gasteiger charge is 2.73. The molecule has 3 aliphatic carbocycles. The van der Waals surface area contributed by atoms with Crippen LogP contribution in [-0.2, 0) is 25.3 Å². The average Bonchev–Trinajstić information content (AvgIpc) is 3.56. The summed E-state index contributed by atoms with van der Waals surface area (Å²) in [6, 6.07) is 17.0. The van der Waals surface area contributed by atoms with Gasteiger partial charge in [0.05, 0.1) is 22.2 Å². The second-order valence-corrected chi connectivity index (χ2v) is 12.0. The number of piperidine rings is 1. The van der Waals surface area contributed by atoms with Crippen molar-refractivity contribution in [3.05, 3.63) is 70.9 Å². The van der Waals surface area contributed by atoms with Crippen LogP contribution in [0.5, 0.6) is 11.5 Å². The lowest BCUT2D eigenvalue weighted by Crippen LogP contribution is -2.74. The zero-order chi connectivity index (χ0) is 24.0. The summed E-state index contributed by atoms with van der Waals surface area (Å²) in [6.45, 7) is 2.06. The van der Waals surface area contributed by atoms with Gasteiger partial charge < -0.3 is 19.5 Å². The van der Waals surface area contributed by atoms with Gasteiger partial charge in [-0.05, 0) is 60.7 Å². The minimum atomic E-state index is -0.941. The SMILES string of the molecule is Cn1c2c(c3ccc4ccccc4c31)C[C@@]1(O)[C@H]3Cc4ccc(O)c5c4[C@@]1(CCN3CC1CC1)[C@H]2O5. The number of aromatic nitrogens is 1. The fourth-order valence-corrected chi connectivity index (χ4v) is 8.76. The third kappa shape index (κ3) is 2.11. The Hall–Kier alpha value is -3.02. The van der Waals surface area contributed by atoms with Crippen molar-refractivity contribution < 1.29 is 14.9 Å². The van der Waals surface area contributed by atoms with E-state index < -0.39 is 11.0 Å². The van der Waals surface area contributed by atoms with E-state index in [1.54, 1.807) is 6.07 Å². The molecule has 2 aliphatic heterocycles. The molecule has 1 spiro atoms. The number of benzene rings is 3. The number of aliphatic hydroxyl groups is 1. The number of phenolic OH excluding ortho intramolecular Hbond substituents is 1. The molecule has 2 fully saturated rings. The molecule has 1 aromatic heterocycles. The lowest BCUT2D eigenvalue weighted by atomic mass is 9.49. The van der Waals surface area contributed by atoms with Crippen LogP contribution in [0.25, 0.3) is 21.7 Å². The number of ether oxygens (including phenoxy) is 1. The topological polar surface area (TPSA) is 57.9 Å². The molecular weight excluding hydrogens is 448 g/mol. The van der Waals surface area contributed by atoms with Gasteiger partial charge in [-0.2, -0.15) is 0 Å². The Bertz CT molecular complexity index is 1630. The predicted molar refractivity (Wildman–Crippen MR) is 139 cm³/mol. The first kappa shape index (κ1) is 20.1. The Kier molecular flexibility index (Phi) is 3.50. The van der Waals surface area contributed by atoms with Crippen LogP contribution in [0.2, 0.25) is 0 Å². The molecule has 9 rings (SSSR count). The van der Waals surface area contributed by atoms with Crippen LogP contribution < -0.4 is 4.74 Å². The Morgan fingerprint density at radius 2 is 1.92 bits per heavy atom. The van der Waals surface area contributed by atoms with Gasteiger partial charge >= 0.3 is 0 Å². The van der Waals surface area contributed by atoms with Crippen LogP contribution in [0.1, 0.15) is 47.8 Å².